The molecule has 0 heterocycles. The molecule has 2 rings (SSSR count). The molecule has 0 aliphatic rings. The third-order valence-electron chi connectivity index (χ3n) is 3.73. The van der Waals surface area contributed by atoms with Gasteiger partial charge in [-0.1, -0.05) is 35.5 Å². The van der Waals surface area contributed by atoms with Gasteiger partial charge in [0, 0.05) is 0 Å². The Bertz CT molecular complexity index is 804. The largest absolute Gasteiger partial charge is 0.490 e. The maximum Gasteiger partial charge on any atom is 0.180 e. The number of ether oxygens (including phenoxy) is 2. The number of benzene rings is 2. The quantitative estimate of drug-likeness (QED) is 0.448. The van der Waals surface area contributed by atoms with Crippen LogP contribution in [0.15, 0.2) is 46.6 Å². The molecule has 2 aromatic rings. The van der Waals surface area contributed by atoms with Gasteiger partial charge in [0.25, 0.3) is 0 Å². The van der Waals surface area contributed by atoms with E-state index in [0.29, 0.717) is 29.9 Å². The topological polar surface area (TPSA) is 69.2 Å². The Labute approximate surface area is 159 Å². The standard InChI is InChI=1S/C20H25N3O2S/c1-5-24-19-11-16(12-22-23-20(21)26-4)8-9-18(19)25-13-17-10-14(2)6-7-15(17)3/h6-12H,5,13H2,1-4H3,(H2,21,23)/b22-12-. The van der Waals surface area contributed by atoms with Crippen molar-refractivity contribution in [2.24, 2.45) is 15.9 Å². The van der Waals surface area contributed by atoms with Crippen LogP contribution in [0.5, 0.6) is 11.5 Å². The van der Waals surface area contributed by atoms with E-state index in [0.717, 1.165) is 5.56 Å². The van der Waals surface area contributed by atoms with Crippen LogP contribution in [0.4, 0.5) is 0 Å². The summed E-state index contributed by atoms with van der Waals surface area (Å²) in [4.78, 5) is 0. The van der Waals surface area contributed by atoms with Crippen molar-refractivity contribution in [2.45, 2.75) is 27.4 Å². The summed E-state index contributed by atoms with van der Waals surface area (Å²) in [6.45, 7) is 7.16. The van der Waals surface area contributed by atoms with Crippen LogP contribution in [0.3, 0.4) is 0 Å². The summed E-state index contributed by atoms with van der Waals surface area (Å²) < 4.78 is 11.7. The molecule has 2 aromatic carbocycles. The van der Waals surface area contributed by atoms with E-state index < -0.39 is 0 Å². The molecule has 6 heteroatoms. The van der Waals surface area contributed by atoms with Crippen LogP contribution in [0.1, 0.15) is 29.2 Å². The molecule has 5 nitrogen and oxygen atoms in total. The van der Waals surface area contributed by atoms with E-state index in [-0.39, 0.29) is 0 Å². The molecule has 2 N–H and O–H groups in total. The van der Waals surface area contributed by atoms with E-state index in [4.69, 9.17) is 15.2 Å². The second-order valence-corrected chi connectivity index (χ2v) is 6.57. The lowest BCUT2D eigenvalue weighted by Gasteiger charge is -2.14. The van der Waals surface area contributed by atoms with Crippen molar-refractivity contribution in [3.8, 4) is 11.5 Å². The van der Waals surface area contributed by atoms with Gasteiger partial charge in [0.15, 0.2) is 16.7 Å². The molecule has 26 heavy (non-hydrogen) atoms. The van der Waals surface area contributed by atoms with Crippen LogP contribution in [-0.2, 0) is 6.61 Å². The lowest BCUT2D eigenvalue weighted by atomic mass is 10.1. The van der Waals surface area contributed by atoms with E-state index in [1.807, 2.05) is 31.4 Å². The molecule has 0 amide bonds. The number of aryl methyl sites for hydroxylation is 2. The van der Waals surface area contributed by atoms with Crippen molar-refractivity contribution >= 4 is 23.1 Å². The summed E-state index contributed by atoms with van der Waals surface area (Å²) in [5, 5.41) is 8.28. The van der Waals surface area contributed by atoms with E-state index in [9.17, 15) is 0 Å². The fourth-order valence-electron chi connectivity index (χ4n) is 2.30. The fourth-order valence-corrected chi connectivity index (χ4v) is 2.43. The Hall–Kier alpha value is -2.47. The molecule has 138 valence electrons. The van der Waals surface area contributed by atoms with Crippen LogP contribution in [-0.4, -0.2) is 24.2 Å². The number of nitrogens with two attached hydrogens (primary N) is 1. The second kappa shape index (κ2) is 9.87. The molecule has 0 radical (unpaired) electrons. The van der Waals surface area contributed by atoms with Crippen LogP contribution in [0, 0.1) is 13.8 Å². The highest BCUT2D eigenvalue weighted by molar-refractivity contribution is 8.13. The Morgan fingerprint density at radius 2 is 1.92 bits per heavy atom. The van der Waals surface area contributed by atoms with E-state index in [1.165, 1.54) is 28.5 Å². The smallest absolute Gasteiger partial charge is 0.180 e. The first-order chi connectivity index (χ1) is 12.5. The number of amidine groups is 1. The molecule has 0 bridgehead atoms. The van der Waals surface area contributed by atoms with Crippen molar-refractivity contribution < 1.29 is 9.47 Å². The van der Waals surface area contributed by atoms with Gasteiger partial charge in [0.1, 0.15) is 6.61 Å². The summed E-state index contributed by atoms with van der Waals surface area (Å²) >= 11 is 1.35. The van der Waals surface area contributed by atoms with Gasteiger partial charge >= 0.3 is 0 Å². The normalized spacial score (nSPS) is 11.8. The van der Waals surface area contributed by atoms with Crippen molar-refractivity contribution in [3.05, 3.63) is 58.7 Å². The highest BCUT2D eigenvalue weighted by Crippen LogP contribution is 2.29. The molecule has 0 aliphatic heterocycles. The molecular formula is C20H25N3O2S. The fraction of sp³-hybridized carbons (Fsp3) is 0.300. The predicted octanol–water partition coefficient (Wildman–Crippen LogP) is 4.29. The predicted molar refractivity (Wildman–Crippen MR) is 111 cm³/mol. The Morgan fingerprint density at radius 1 is 1.12 bits per heavy atom. The lowest BCUT2D eigenvalue weighted by molar-refractivity contribution is 0.269. The summed E-state index contributed by atoms with van der Waals surface area (Å²) in [5.74, 6) is 1.39. The number of thioether (sulfide) groups is 1. The Kier molecular flexibility index (Phi) is 7.53. The second-order valence-electron chi connectivity index (χ2n) is 5.74. The molecule has 0 saturated carbocycles. The number of rotatable bonds is 7. The van der Waals surface area contributed by atoms with Gasteiger partial charge in [-0.05, 0) is 61.9 Å². The number of hydrogen-bond acceptors (Lipinski definition) is 5. The zero-order valence-corrected chi connectivity index (χ0v) is 16.5. The first kappa shape index (κ1) is 19.8. The van der Waals surface area contributed by atoms with Gasteiger partial charge in [0.2, 0.25) is 0 Å². The van der Waals surface area contributed by atoms with Crippen molar-refractivity contribution in [3.63, 3.8) is 0 Å². The summed E-state index contributed by atoms with van der Waals surface area (Å²) in [7, 11) is 0. The summed E-state index contributed by atoms with van der Waals surface area (Å²) in [5.41, 5.74) is 10.1. The zero-order chi connectivity index (χ0) is 18.9. The lowest BCUT2D eigenvalue weighted by Crippen LogP contribution is -2.04. The minimum Gasteiger partial charge on any atom is -0.490 e. The molecule has 0 aromatic heterocycles. The molecule has 0 fully saturated rings. The van der Waals surface area contributed by atoms with E-state index in [2.05, 4.69) is 42.2 Å². The summed E-state index contributed by atoms with van der Waals surface area (Å²) in [6.07, 6.45) is 3.49. The summed E-state index contributed by atoms with van der Waals surface area (Å²) in [6, 6.07) is 12.0. The monoisotopic (exact) mass is 371 g/mol. The highest BCUT2D eigenvalue weighted by Gasteiger charge is 2.08. The molecule has 0 saturated heterocycles. The SMILES string of the molecule is CCOc1cc(/C=N\N=C(/N)SC)ccc1OCc1cc(C)ccc1C. The van der Waals surface area contributed by atoms with Crippen molar-refractivity contribution in [1.29, 1.82) is 0 Å². The zero-order valence-electron chi connectivity index (χ0n) is 15.7. The number of nitrogens with zero attached hydrogens (tertiary/aromatic N) is 2. The first-order valence-electron chi connectivity index (χ1n) is 8.39. The van der Waals surface area contributed by atoms with Crippen LogP contribution in [0.25, 0.3) is 0 Å². The van der Waals surface area contributed by atoms with Gasteiger partial charge in [0.05, 0.1) is 12.8 Å². The maximum atomic E-state index is 6.01. The van der Waals surface area contributed by atoms with E-state index >= 15 is 0 Å². The average molecular weight is 372 g/mol. The van der Waals surface area contributed by atoms with Gasteiger partial charge in [-0.15, -0.1) is 5.10 Å². The van der Waals surface area contributed by atoms with Gasteiger partial charge in [-0.3, -0.25) is 0 Å². The van der Waals surface area contributed by atoms with E-state index in [1.54, 1.807) is 6.21 Å². The van der Waals surface area contributed by atoms with Gasteiger partial charge < -0.3 is 15.2 Å². The first-order valence-corrected chi connectivity index (χ1v) is 9.62. The van der Waals surface area contributed by atoms with Gasteiger partial charge in [-0.2, -0.15) is 5.10 Å². The van der Waals surface area contributed by atoms with Gasteiger partial charge in [-0.25, -0.2) is 0 Å². The van der Waals surface area contributed by atoms with Crippen LogP contribution in [0.2, 0.25) is 0 Å². The Balaban J connectivity index is 2.16. The minimum atomic E-state index is 0.416. The molecular weight excluding hydrogens is 346 g/mol. The molecule has 0 aliphatic carbocycles. The Morgan fingerprint density at radius 3 is 2.65 bits per heavy atom. The molecule has 0 spiro atoms. The van der Waals surface area contributed by atoms with Crippen molar-refractivity contribution in [1.82, 2.24) is 0 Å². The minimum absolute atomic E-state index is 0.416. The van der Waals surface area contributed by atoms with Crippen LogP contribution >= 0.6 is 11.8 Å². The third kappa shape index (κ3) is 5.81. The van der Waals surface area contributed by atoms with Crippen LogP contribution < -0.4 is 15.2 Å². The van der Waals surface area contributed by atoms with Crippen molar-refractivity contribution in [2.75, 3.05) is 12.9 Å². The maximum absolute atomic E-state index is 6.01. The average Bonchev–Trinajstić information content (AvgIpc) is 2.63. The third-order valence-corrected chi connectivity index (χ3v) is 4.23. The molecule has 0 atom stereocenters. The highest BCUT2D eigenvalue weighted by atomic mass is 32.2. The number of hydrogen-bond donors (Lipinski definition) is 1. The molecule has 0 unspecified atom stereocenters.